The van der Waals surface area contributed by atoms with Gasteiger partial charge in [0.05, 0.1) is 7.11 Å². The van der Waals surface area contributed by atoms with Gasteiger partial charge in [-0.15, -0.1) is 0 Å². The Morgan fingerprint density at radius 1 is 1.28 bits per heavy atom. The largest absolute Gasteiger partial charge is 0.497 e. The maximum Gasteiger partial charge on any atom is 0.119 e. The van der Waals surface area contributed by atoms with Gasteiger partial charge in [-0.25, -0.2) is 0 Å². The molecule has 1 aliphatic rings. The summed E-state index contributed by atoms with van der Waals surface area (Å²) in [5, 5.41) is 3.56. The third-order valence-electron chi connectivity index (χ3n) is 4.00. The Labute approximate surface area is 111 Å². The first-order valence-electron chi connectivity index (χ1n) is 7.05. The molecule has 2 heteroatoms. The van der Waals surface area contributed by atoms with E-state index in [9.17, 15) is 0 Å². The minimum Gasteiger partial charge on any atom is -0.497 e. The molecule has 100 valence electrons. The number of hydrogen-bond donors (Lipinski definition) is 1. The molecule has 1 N–H and O–H groups in total. The van der Waals surface area contributed by atoms with Crippen molar-refractivity contribution >= 4 is 0 Å². The molecule has 0 aromatic heterocycles. The molecule has 1 saturated carbocycles. The van der Waals surface area contributed by atoms with Crippen LogP contribution in [0, 0.1) is 11.8 Å². The van der Waals surface area contributed by atoms with Crippen LogP contribution in [0.25, 0.3) is 0 Å². The smallest absolute Gasteiger partial charge is 0.119 e. The van der Waals surface area contributed by atoms with Crippen molar-refractivity contribution in [2.45, 2.75) is 39.2 Å². The van der Waals surface area contributed by atoms with E-state index in [0.717, 1.165) is 17.6 Å². The number of benzene rings is 1. The maximum atomic E-state index is 5.28. The summed E-state index contributed by atoms with van der Waals surface area (Å²) in [6.45, 7) is 5.61. The third-order valence-corrected chi connectivity index (χ3v) is 4.00. The lowest BCUT2D eigenvalue weighted by molar-refractivity contribution is 0.168. The van der Waals surface area contributed by atoms with Crippen molar-refractivity contribution in [3.05, 3.63) is 29.8 Å². The topological polar surface area (TPSA) is 21.3 Å². The molecule has 0 radical (unpaired) electrons. The zero-order chi connectivity index (χ0) is 13.0. The lowest BCUT2D eigenvalue weighted by atomic mass is 9.70. The quantitative estimate of drug-likeness (QED) is 0.833. The molecule has 0 bridgehead atoms. The Morgan fingerprint density at radius 2 is 2.06 bits per heavy atom. The monoisotopic (exact) mass is 247 g/mol. The molecule has 0 spiro atoms. The lowest BCUT2D eigenvalue weighted by Gasteiger charge is -2.37. The first kappa shape index (κ1) is 13.4. The van der Waals surface area contributed by atoms with Gasteiger partial charge >= 0.3 is 0 Å². The van der Waals surface area contributed by atoms with E-state index in [2.05, 4.69) is 37.4 Å². The van der Waals surface area contributed by atoms with E-state index in [4.69, 9.17) is 4.74 Å². The molecule has 1 aliphatic carbocycles. The molecule has 2 unspecified atom stereocenters. The van der Waals surface area contributed by atoms with Crippen LogP contribution >= 0.6 is 0 Å². The van der Waals surface area contributed by atoms with Gasteiger partial charge in [-0.2, -0.15) is 0 Å². The lowest BCUT2D eigenvalue weighted by Crippen LogP contribution is -2.38. The van der Waals surface area contributed by atoms with Gasteiger partial charge in [0.2, 0.25) is 0 Å². The van der Waals surface area contributed by atoms with Gasteiger partial charge in [0.25, 0.3) is 0 Å². The summed E-state index contributed by atoms with van der Waals surface area (Å²) in [7, 11) is 1.73. The predicted molar refractivity (Wildman–Crippen MR) is 76.1 cm³/mol. The molecular weight excluding hydrogens is 222 g/mol. The highest BCUT2D eigenvalue weighted by Gasteiger charge is 2.30. The first-order chi connectivity index (χ1) is 8.69. The van der Waals surface area contributed by atoms with Crippen LogP contribution in [0.1, 0.15) is 32.3 Å². The second-order valence-electron chi connectivity index (χ2n) is 5.72. The van der Waals surface area contributed by atoms with Crippen LogP contribution in [-0.4, -0.2) is 19.7 Å². The summed E-state index contributed by atoms with van der Waals surface area (Å²) in [6, 6.07) is 9.10. The molecule has 18 heavy (non-hydrogen) atoms. The van der Waals surface area contributed by atoms with Crippen LogP contribution < -0.4 is 10.1 Å². The fourth-order valence-corrected chi connectivity index (χ4v) is 2.66. The highest BCUT2D eigenvalue weighted by molar-refractivity contribution is 5.28. The summed E-state index contributed by atoms with van der Waals surface area (Å²) in [5.41, 5.74) is 1.41. The fraction of sp³-hybridized carbons (Fsp3) is 0.625. The van der Waals surface area contributed by atoms with Gasteiger partial charge in [-0.1, -0.05) is 26.0 Å². The Morgan fingerprint density at radius 3 is 2.67 bits per heavy atom. The predicted octanol–water partition coefficient (Wildman–Crippen LogP) is 3.26. The van der Waals surface area contributed by atoms with Crippen LogP contribution in [-0.2, 0) is 6.42 Å². The van der Waals surface area contributed by atoms with Gasteiger partial charge in [0.1, 0.15) is 5.75 Å². The Balaban J connectivity index is 1.85. The van der Waals surface area contributed by atoms with Crippen LogP contribution in [0.3, 0.4) is 0 Å². The van der Waals surface area contributed by atoms with Gasteiger partial charge in [0.15, 0.2) is 0 Å². The molecular formula is C16H25NO. The van der Waals surface area contributed by atoms with Crippen LogP contribution in [0.5, 0.6) is 5.75 Å². The van der Waals surface area contributed by atoms with Crippen molar-refractivity contribution in [3.8, 4) is 5.75 Å². The van der Waals surface area contributed by atoms with E-state index >= 15 is 0 Å². The SMILES string of the molecule is COc1cccc(CC2CCC2CNC(C)C)c1. The second kappa shape index (κ2) is 6.24. The maximum absolute atomic E-state index is 5.28. The van der Waals surface area contributed by atoms with Crippen molar-refractivity contribution in [1.82, 2.24) is 5.32 Å². The number of rotatable bonds is 6. The van der Waals surface area contributed by atoms with Crippen molar-refractivity contribution < 1.29 is 4.74 Å². The van der Waals surface area contributed by atoms with Crippen molar-refractivity contribution in [1.29, 1.82) is 0 Å². The van der Waals surface area contributed by atoms with E-state index in [1.165, 1.54) is 31.4 Å². The fourth-order valence-electron chi connectivity index (χ4n) is 2.66. The van der Waals surface area contributed by atoms with E-state index in [1.807, 2.05) is 6.07 Å². The average molecular weight is 247 g/mol. The van der Waals surface area contributed by atoms with E-state index < -0.39 is 0 Å². The molecule has 0 saturated heterocycles. The number of ether oxygens (including phenoxy) is 1. The van der Waals surface area contributed by atoms with Gasteiger partial charge in [-0.05, 0) is 55.3 Å². The van der Waals surface area contributed by atoms with Crippen molar-refractivity contribution in [2.75, 3.05) is 13.7 Å². The normalized spacial score (nSPS) is 22.9. The molecule has 2 atom stereocenters. The summed E-state index contributed by atoms with van der Waals surface area (Å²) in [5.74, 6) is 2.69. The second-order valence-corrected chi connectivity index (χ2v) is 5.72. The van der Waals surface area contributed by atoms with Crippen LogP contribution in [0.15, 0.2) is 24.3 Å². The summed E-state index contributed by atoms with van der Waals surface area (Å²) < 4.78 is 5.28. The van der Waals surface area contributed by atoms with E-state index in [-0.39, 0.29) is 0 Å². The minimum absolute atomic E-state index is 0.600. The van der Waals surface area contributed by atoms with Crippen LogP contribution in [0.4, 0.5) is 0 Å². The first-order valence-corrected chi connectivity index (χ1v) is 7.05. The summed E-state index contributed by atoms with van der Waals surface area (Å²) >= 11 is 0. The van der Waals surface area contributed by atoms with Crippen molar-refractivity contribution in [3.63, 3.8) is 0 Å². The molecule has 2 nitrogen and oxygen atoms in total. The Kier molecular flexibility index (Phi) is 4.65. The number of methoxy groups -OCH3 is 1. The van der Waals surface area contributed by atoms with Gasteiger partial charge in [0, 0.05) is 6.04 Å². The molecule has 1 aromatic rings. The van der Waals surface area contributed by atoms with Crippen molar-refractivity contribution in [2.24, 2.45) is 11.8 Å². The van der Waals surface area contributed by atoms with E-state index in [0.29, 0.717) is 6.04 Å². The van der Waals surface area contributed by atoms with Crippen LogP contribution in [0.2, 0.25) is 0 Å². The third kappa shape index (κ3) is 3.49. The number of hydrogen-bond acceptors (Lipinski definition) is 2. The zero-order valence-corrected chi connectivity index (χ0v) is 11.8. The highest BCUT2D eigenvalue weighted by Crippen LogP contribution is 2.36. The summed E-state index contributed by atoms with van der Waals surface area (Å²) in [6.07, 6.45) is 3.96. The Bertz CT molecular complexity index is 375. The highest BCUT2D eigenvalue weighted by atomic mass is 16.5. The standard InChI is InChI=1S/C16H25NO/c1-12(2)17-11-15-8-7-14(15)9-13-5-4-6-16(10-13)18-3/h4-6,10,12,14-15,17H,7-9,11H2,1-3H3. The summed E-state index contributed by atoms with van der Waals surface area (Å²) in [4.78, 5) is 0. The molecule has 2 rings (SSSR count). The Hall–Kier alpha value is -1.02. The molecule has 0 aliphatic heterocycles. The number of nitrogens with one attached hydrogen (secondary N) is 1. The average Bonchev–Trinajstić information content (AvgIpc) is 2.35. The van der Waals surface area contributed by atoms with E-state index in [1.54, 1.807) is 7.11 Å². The molecule has 0 amide bonds. The molecule has 1 fully saturated rings. The molecule has 1 aromatic carbocycles. The van der Waals surface area contributed by atoms with Gasteiger partial charge in [-0.3, -0.25) is 0 Å². The minimum atomic E-state index is 0.600. The molecule has 0 heterocycles. The zero-order valence-electron chi connectivity index (χ0n) is 11.8. The van der Waals surface area contributed by atoms with Gasteiger partial charge < -0.3 is 10.1 Å².